The summed E-state index contributed by atoms with van der Waals surface area (Å²) in [5.41, 5.74) is 3.31. The van der Waals surface area contributed by atoms with E-state index < -0.39 is 0 Å². The highest BCUT2D eigenvalue weighted by Gasteiger charge is 2.23. The van der Waals surface area contributed by atoms with Crippen LogP contribution in [0, 0.1) is 11.3 Å². The Kier molecular flexibility index (Phi) is 5.00. The molecule has 134 valence electrons. The van der Waals surface area contributed by atoms with E-state index in [9.17, 15) is 10.1 Å². The van der Waals surface area contributed by atoms with Crippen molar-refractivity contribution in [1.29, 1.82) is 5.26 Å². The minimum Gasteiger partial charge on any atom is -0.319 e. The van der Waals surface area contributed by atoms with E-state index in [2.05, 4.69) is 21.7 Å². The molecule has 0 bridgehead atoms. The molecule has 2 heterocycles. The molecule has 2 aromatic rings. The molecule has 0 radical (unpaired) electrons. The van der Waals surface area contributed by atoms with Crippen molar-refractivity contribution in [2.24, 2.45) is 0 Å². The molecule has 5 nitrogen and oxygen atoms in total. The third-order valence-corrected chi connectivity index (χ3v) is 6.39. The van der Waals surface area contributed by atoms with Gasteiger partial charge >= 0.3 is 0 Å². The average Bonchev–Trinajstić information content (AvgIpc) is 3.13. The Morgan fingerprint density at radius 3 is 2.92 bits per heavy atom. The molecule has 0 atom stereocenters. The van der Waals surface area contributed by atoms with Crippen LogP contribution in [0.15, 0.2) is 18.2 Å². The third kappa shape index (κ3) is 3.37. The smallest absolute Gasteiger partial charge is 0.284 e. The predicted octanol–water partition coefficient (Wildman–Crippen LogP) is 3.96. The monoisotopic (exact) mass is 366 g/mol. The molecular formula is C20H22N4OS. The molecule has 1 amide bonds. The van der Waals surface area contributed by atoms with Gasteiger partial charge in [-0.1, -0.05) is 31.4 Å². The van der Waals surface area contributed by atoms with Gasteiger partial charge in [0.15, 0.2) is 5.01 Å². The van der Waals surface area contributed by atoms with Gasteiger partial charge in [-0.25, -0.2) is 4.98 Å². The van der Waals surface area contributed by atoms with Gasteiger partial charge in [-0.05, 0) is 30.4 Å². The molecule has 1 aliphatic heterocycles. The fraction of sp³-hybridized carbons (Fsp3) is 0.450. The van der Waals surface area contributed by atoms with Crippen LogP contribution in [-0.4, -0.2) is 17.4 Å². The number of carbonyl (C=O) groups excluding carboxylic acids is 1. The van der Waals surface area contributed by atoms with Crippen LogP contribution in [0.3, 0.4) is 0 Å². The molecular weight excluding hydrogens is 344 g/mol. The maximum atomic E-state index is 12.7. The van der Waals surface area contributed by atoms with Crippen LogP contribution in [0.4, 0.5) is 5.69 Å². The third-order valence-electron chi connectivity index (χ3n) is 5.30. The van der Waals surface area contributed by atoms with E-state index in [-0.39, 0.29) is 5.91 Å². The molecule has 1 saturated carbocycles. The minimum atomic E-state index is -0.221. The van der Waals surface area contributed by atoms with E-state index in [1.54, 1.807) is 0 Å². The summed E-state index contributed by atoms with van der Waals surface area (Å²) in [6.45, 7) is 1.68. The van der Waals surface area contributed by atoms with Crippen molar-refractivity contribution in [2.45, 2.75) is 51.0 Å². The Balaban J connectivity index is 1.58. The molecule has 1 aromatic heterocycles. The SMILES string of the molecule is N#Cc1c(NC(=O)c2nc3c(s2)CNCC3)cccc1C1CCCCC1. The molecule has 0 saturated heterocycles. The number of nitriles is 1. The Morgan fingerprint density at radius 2 is 2.15 bits per heavy atom. The first kappa shape index (κ1) is 17.2. The van der Waals surface area contributed by atoms with E-state index in [4.69, 9.17) is 0 Å². The number of aromatic nitrogens is 1. The van der Waals surface area contributed by atoms with Crippen molar-refractivity contribution in [3.63, 3.8) is 0 Å². The number of nitrogens with zero attached hydrogens (tertiary/aromatic N) is 2. The van der Waals surface area contributed by atoms with Crippen LogP contribution in [-0.2, 0) is 13.0 Å². The average molecular weight is 366 g/mol. The van der Waals surface area contributed by atoms with Gasteiger partial charge in [0.25, 0.3) is 5.91 Å². The molecule has 2 aliphatic rings. The normalized spacial score (nSPS) is 17.3. The summed E-state index contributed by atoms with van der Waals surface area (Å²) in [5, 5.41) is 16.4. The van der Waals surface area contributed by atoms with E-state index >= 15 is 0 Å². The van der Waals surface area contributed by atoms with Crippen molar-refractivity contribution in [2.75, 3.05) is 11.9 Å². The summed E-state index contributed by atoms with van der Waals surface area (Å²) in [6.07, 6.45) is 6.81. The van der Waals surface area contributed by atoms with Crippen LogP contribution in [0.1, 0.15) is 69.5 Å². The highest BCUT2D eigenvalue weighted by atomic mass is 32.1. The van der Waals surface area contributed by atoms with Gasteiger partial charge in [0, 0.05) is 24.4 Å². The molecule has 4 rings (SSSR count). The second-order valence-electron chi connectivity index (χ2n) is 6.99. The van der Waals surface area contributed by atoms with Crippen LogP contribution in [0.2, 0.25) is 0 Å². The van der Waals surface area contributed by atoms with Gasteiger partial charge < -0.3 is 10.6 Å². The van der Waals surface area contributed by atoms with Crippen LogP contribution >= 0.6 is 11.3 Å². The first-order valence-electron chi connectivity index (χ1n) is 9.30. The number of fused-ring (bicyclic) bond motifs is 1. The number of nitrogens with one attached hydrogen (secondary N) is 2. The van der Waals surface area contributed by atoms with Gasteiger partial charge in [-0.3, -0.25) is 4.79 Å². The minimum absolute atomic E-state index is 0.221. The zero-order valence-electron chi connectivity index (χ0n) is 14.7. The lowest BCUT2D eigenvalue weighted by atomic mass is 9.82. The summed E-state index contributed by atoms with van der Waals surface area (Å²) >= 11 is 1.44. The van der Waals surface area contributed by atoms with Crippen LogP contribution in [0.5, 0.6) is 0 Å². The maximum absolute atomic E-state index is 12.7. The number of thiazole rings is 1. The maximum Gasteiger partial charge on any atom is 0.284 e. The number of anilines is 1. The second kappa shape index (κ2) is 7.56. The largest absolute Gasteiger partial charge is 0.319 e. The van der Waals surface area contributed by atoms with Crippen molar-refractivity contribution < 1.29 is 4.79 Å². The van der Waals surface area contributed by atoms with Crippen LogP contribution < -0.4 is 10.6 Å². The Labute approximate surface area is 157 Å². The van der Waals surface area contributed by atoms with Crippen molar-refractivity contribution in [3.05, 3.63) is 44.9 Å². The number of rotatable bonds is 3. The topological polar surface area (TPSA) is 77.8 Å². The first-order valence-corrected chi connectivity index (χ1v) is 10.1. The van der Waals surface area contributed by atoms with Gasteiger partial charge in [0.2, 0.25) is 0 Å². The fourth-order valence-corrected chi connectivity index (χ4v) is 4.92. The molecule has 6 heteroatoms. The number of benzene rings is 1. The fourth-order valence-electron chi connectivity index (χ4n) is 3.95. The van der Waals surface area contributed by atoms with Crippen LogP contribution in [0.25, 0.3) is 0 Å². The molecule has 1 fully saturated rings. The van der Waals surface area contributed by atoms with Gasteiger partial charge in [0.05, 0.1) is 16.9 Å². The summed E-state index contributed by atoms with van der Waals surface area (Å²) < 4.78 is 0. The Bertz CT molecular complexity index is 838. The molecule has 1 aliphatic carbocycles. The number of hydrogen-bond acceptors (Lipinski definition) is 5. The number of carbonyl (C=O) groups is 1. The molecule has 0 unspecified atom stereocenters. The van der Waals surface area contributed by atoms with Gasteiger partial charge in [0.1, 0.15) is 6.07 Å². The molecule has 1 aromatic carbocycles. The predicted molar refractivity (Wildman–Crippen MR) is 102 cm³/mol. The summed E-state index contributed by atoms with van der Waals surface area (Å²) in [6, 6.07) is 8.12. The van der Waals surface area contributed by atoms with E-state index in [1.807, 2.05) is 18.2 Å². The number of hydrogen-bond donors (Lipinski definition) is 2. The van der Waals surface area contributed by atoms with Crippen molar-refractivity contribution in [3.8, 4) is 6.07 Å². The van der Waals surface area contributed by atoms with E-state index in [0.717, 1.165) is 48.5 Å². The molecule has 2 N–H and O–H groups in total. The lowest BCUT2D eigenvalue weighted by molar-refractivity contribution is 0.102. The number of amides is 1. The lowest BCUT2D eigenvalue weighted by Crippen LogP contribution is -2.22. The Morgan fingerprint density at radius 1 is 1.31 bits per heavy atom. The van der Waals surface area contributed by atoms with E-state index in [0.29, 0.717) is 22.2 Å². The highest BCUT2D eigenvalue weighted by Crippen LogP contribution is 2.36. The molecule has 0 spiro atoms. The zero-order valence-corrected chi connectivity index (χ0v) is 15.5. The Hall–Kier alpha value is -2.23. The summed E-state index contributed by atoms with van der Waals surface area (Å²) in [5.74, 6) is 0.204. The summed E-state index contributed by atoms with van der Waals surface area (Å²) in [7, 11) is 0. The molecule has 26 heavy (non-hydrogen) atoms. The van der Waals surface area contributed by atoms with E-state index in [1.165, 1.54) is 30.6 Å². The van der Waals surface area contributed by atoms with Gasteiger partial charge in [-0.15, -0.1) is 11.3 Å². The quantitative estimate of drug-likeness (QED) is 0.862. The van der Waals surface area contributed by atoms with Crippen molar-refractivity contribution >= 4 is 22.9 Å². The lowest BCUT2D eigenvalue weighted by Gasteiger charge is -2.23. The van der Waals surface area contributed by atoms with Crippen molar-refractivity contribution in [1.82, 2.24) is 10.3 Å². The summed E-state index contributed by atoms with van der Waals surface area (Å²) in [4.78, 5) is 18.3. The highest BCUT2D eigenvalue weighted by molar-refractivity contribution is 7.13. The standard InChI is InChI=1S/C20H22N4OS/c21-11-15-14(13-5-2-1-3-6-13)7-4-8-16(15)23-19(25)20-24-17-9-10-22-12-18(17)26-20/h4,7-8,13,22H,1-3,5-6,9-10,12H2,(H,23,25). The second-order valence-corrected chi connectivity index (χ2v) is 8.07. The first-order chi connectivity index (χ1) is 12.8. The zero-order chi connectivity index (χ0) is 17.9. The van der Waals surface area contributed by atoms with Gasteiger partial charge in [-0.2, -0.15) is 5.26 Å².